The molecule has 88 valence electrons. The molecule has 0 fully saturated rings. The highest BCUT2D eigenvalue weighted by molar-refractivity contribution is 5.73. The molecule has 0 saturated heterocycles. The van der Waals surface area contributed by atoms with Gasteiger partial charge in [0.05, 0.1) is 12.1 Å². The van der Waals surface area contributed by atoms with Crippen molar-refractivity contribution in [3.8, 4) is 0 Å². The van der Waals surface area contributed by atoms with E-state index in [0.717, 1.165) is 17.8 Å². The van der Waals surface area contributed by atoms with Crippen molar-refractivity contribution >= 4 is 12.2 Å². The minimum absolute atomic E-state index is 0.469. The first-order valence-corrected chi connectivity index (χ1v) is 5.22. The molecule has 0 unspecified atom stereocenters. The lowest BCUT2D eigenvalue weighted by Crippen LogP contribution is -2.18. The van der Waals surface area contributed by atoms with E-state index in [1.54, 1.807) is 0 Å². The van der Waals surface area contributed by atoms with Crippen LogP contribution in [0.4, 0.5) is 5.95 Å². The molecule has 0 saturated carbocycles. The van der Waals surface area contributed by atoms with Crippen LogP contribution in [0.2, 0.25) is 0 Å². The number of aldehydes is 1. The Balaban J connectivity index is 2.08. The summed E-state index contributed by atoms with van der Waals surface area (Å²) in [5.74, 6) is 2.29. The van der Waals surface area contributed by atoms with Gasteiger partial charge in [0.15, 0.2) is 6.29 Å². The third-order valence-corrected chi connectivity index (χ3v) is 2.32. The van der Waals surface area contributed by atoms with Gasteiger partial charge in [-0.3, -0.25) is 4.79 Å². The molecular weight excluding hydrogens is 218 g/mol. The van der Waals surface area contributed by atoms with Gasteiger partial charge in [0.2, 0.25) is 5.95 Å². The van der Waals surface area contributed by atoms with E-state index in [9.17, 15) is 4.79 Å². The van der Waals surface area contributed by atoms with E-state index in [-0.39, 0.29) is 0 Å². The molecule has 2 rings (SSSR count). The predicted molar refractivity (Wildman–Crippen MR) is 63.0 cm³/mol. The van der Waals surface area contributed by atoms with E-state index in [4.69, 9.17) is 4.42 Å². The molecule has 2 heterocycles. The molecule has 0 bridgehead atoms. The second-order valence-electron chi connectivity index (χ2n) is 3.80. The standard InChI is InChI=1S/C12H13N3O2/c1-9-3-4-11(17-9)7-15(2)12-13-5-10(8-16)6-14-12/h3-6,8H,7H2,1-2H3. The molecule has 0 amide bonds. The Morgan fingerprint density at radius 2 is 2.06 bits per heavy atom. The first kappa shape index (κ1) is 11.3. The van der Waals surface area contributed by atoms with Crippen LogP contribution in [-0.4, -0.2) is 23.3 Å². The number of furan rings is 1. The molecule has 0 N–H and O–H groups in total. The third kappa shape index (κ3) is 2.69. The summed E-state index contributed by atoms with van der Waals surface area (Å²) in [5, 5.41) is 0. The maximum absolute atomic E-state index is 10.5. The number of hydrogen-bond donors (Lipinski definition) is 0. The lowest BCUT2D eigenvalue weighted by molar-refractivity contribution is 0.112. The van der Waals surface area contributed by atoms with Gasteiger partial charge in [-0.2, -0.15) is 0 Å². The molecule has 0 aliphatic heterocycles. The van der Waals surface area contributed by atoms with Gasteiger partial charge in [-0.1, -0.05) is 0 Å². The molecule has 17 heavy (non-hydrogen) atoms. The number of carbonyl (C=O) groups excluding carboxylic acids is 1. The fourth-order valence-corrected chi connectivity index (χ4v) is 1.46. The van der Waals surface area contributed by atoms with E-state index in [1.807, 2.05) is 31.0 Å². The molecule has 5 heteroatoms. The number of aromatic nitrogens is 2. The highest BCUT2D eigenvalue weighted by Crippen LogP contribution is 2.12. The molecular formula is C12H13N3O2. The van der Waals surface area contributed by atoms with Crippen molar-refractivity contribution in [3.05, 3.63) is 41.6 Å². The summed E-state index contributed by atoms with van der Waals surface area (Å²) in [7, 11) is 1.87. The molecule has 2 aromatic rings. The number of carbonyl (C=O) groups is 1. The Labute approximate surface area is 99.1 Å². The van der Waals surface area contributed by atoms with E-state index in [1.165, 1.54) is 12.4 Å². The van der Waals surface area contributed by atoms with Gasteiger partial charge in [-0.25, -0.2) is 9.97 Å². The van der Waals surface area contributed by atoms with Crippen LogP contribution < -0.4 is 4.90 Å². The maximum atomic E-state index is 10.5. The topological polar surface area (TPSA) is 59.2 Å². The highest BCUT2D eigenvalue weighted by Gasteiger charge is 2.07. The number of hydrogen-bond acceptors (Lipinski definition) is 5. The van der Waals surface area contributed by atoms with Crippen LogP contribution in [0.15, 0.2) is 28.9 Å². The van der Waals surface area contributed by atoms with Crippen LogP contribution in [0.5, 0.6) is 0 Å². The predicted octanol–water partition coefficient (Wildman–Crippen LogP) is 1.83. The molecule has 5 nitrogen and oxygen atoms in total. The van der Waals surface area contributed by atoms with Crippen molar-refractivity contribution in [1.82, 2.24) is 9.97 Å². The van der Waals surface area contributed by atoms with Crippen molar-refractivity contribution in [2.24, 2.45) is 0 Å². The van der Waals surface area contributed by atoms with Crippen LogP contribution in [-0.2, 0) is 6.54 Å². The average molecular weight is 231 g/mol. The van der Waals surface area contributed by atoms with Crippen molar-refractivity contribution < 1.29 is 9.21 Å². The SMILES string of the molecule is Cc1ccc(CN(C)c2ncc(C=O)cn2)o1. The van der Waals surface area contributed by atoms with Crippen LogP contribution in [0.1, 0.15) is 21.9 Å². The van der Waals surface area contributed by atoms with Gasteiger partial charge < -0.3 is 9.32 Å². The summed E-state index contributed by atoms with van der Waals surface area (Å²) < 4.78 is 5.47. The van der Waals surface area contributed by atoms with Crippen LogP contribution in [0.3, 0.4) is 0 Å². The highest BCUT2D eigenvalue weighted by atomic mass is 16.3. The fraction of sp³-hybridized carbons (Fsp3) is 0.250. The molecule has 0 aromatic carbocycles. The van der Waals surface area contributed by atoms with Gasteiger partial charge in [0.1, 0.15) is 11.5 Å². The fourth-order valence-electron chi connectivity index (χ4n) is 1.46. The normalized spacial score (nSPS) is 10.2. The van der Waals surface area contributed by atoms with Crippen LogP contribution >= 0.6 is 0 Å². The van der Waals surface area contributed by atoms with E-state index >= 15 is 0 Å². The average Bonchev–Trinajstić information content (AvgIpc) is 2.75. The van der Waals surface area contributed by atoms with Crippen molar-refractivity contribution in [2.45, 2.75) is 13.5 Å². The lowest BCUT2D eigenvalue weighted by atomic mass is 10.4. The Bertz CT molecular complexity index is 505. The second-order valence-corrected chi connectivity index (χ2v) is 3.80. The van der Waals surface area contributed by atoms with E-state index in [2.05, 4.69) is 9.97 Å². The molecule has 0 radical (unpaired) electrons. The summed E-state index contributed by atoms with van der Waals surface area (Å²) in [6, 6.07) is 3.84. The van der Waals surface area contributed by atoms with Gasteiger partial charge in [0.25, 0.3) is 0 Å². The summed E-state index contributed by atoms with van der Waals surface area (Å²) in [6.07, 6.45) is 3.72. The van der Waals surface area contributed by atoms with Crippen molar-refractivity contribution in [1.29, 1.82) is 0 Å². The molecule has 0 aliphatic carbocycles. The second kappa shape index (κ2) is 4.78. The Morgan fingerprint density at radius 1 is 1.35 bits per heavy atom. The van der Waals surface area contributed by atoms with E-state index in [0.29, 0.717) is 18.1 Å². The zero-order valence-electron chi connectivity index (χ0n) is 9.75. The Morgan fingerprint density at radius 3 is 2.59 bits per heavy atom. The summed E-state index contributed by atoms with van der Waals surface area (Å²) in [4.78, 5) is 20.5. The van der Waals surface area contributed by atoms with Crippen molar-refractivity contribution in [3.63, 3.8) is 0 Å². The van der Waals surface area contributed by atoms with Crippen LogP contribution in [0.25, 0.3) is 0 Å². The van der Waals surface area contributed by atoms with Crippen LogP contribution in [0, 0.1) is 6.92 Å². The Kier molecular flexibility index (Phi) is 3.18. The smallest absolute Gasteiger partial charge is 0.225 e. The summed E-state index contributed by atoms with van der Waals surface area (Å²) in [5.41, 5.74) is 0.469. The summed E-state index contributed by atoms with van der Waals surface area (Å²) >= 11 is 0. The Hall–Kier alpha value is -2.17. The third-order valence-electron chi connectivity index (χ3n) is 2.32. The molecule has 0 aliphatic rings. The number of aryl methyl sites for hydroxylation is 1. The van der Waals surface area contributed by atoms with Gasteiger partial charge in [-0.15, -0.1) is 0 Å². The first-order chi connectivity index (χ1) is 8.19. The monoisotopic (exact) mass is 231 g/mol. The zero-order valence-corrected chi connectivity index (χ0v) is 9.75. The van der Waals surface area contributed by atoms with Gasteiger partial charge in [0, 0.05) is 19.4 Å². The number of nitrogens with zero attached hydrogens (tertiary/aromatic N) is 3. The maximum Gasteiger partial charge on any atom is 0.225 e. The number of anilines is 1. The molecule has 0 atom stereocenters. The van der Waals surface area contributed by atoms with Gasteiger partial charge >= 0.3 is 0 Å². The molecule has 2 aromatic heterocycles. The van der Waals surface area contributed by atoms with Crippen molar-refractivity contribution in [2.75, 3.05) is 11.9 Å². The van der Waals surface area contributed by atoms with E-state index < -0.39 is 0 Å². The number of rotatable bonds is 4. The summed E-state index contributed by atoms with van der Waals surface area (Å²) in [6.45, 7) is 2.49. The quantitative estimate of drug-likeness (QED) is 0.751. The minimum atomic E-state index is 0.469. The zero-order chi connectivity index (χ0) is 12.3. The van der Waals surface area contributed by atoms with Gasteiger partial charge in [-0.05, 0) is 19.1 Å². The molecule has 0 spiro atoms. The largest absolute Gasteiger partial charge is 0.464 e. The minimum Gasteiger partial charge on any atom is -0.464 e. The first-order valence-electron chi connectivity index (χ1n) is 5.22. The lowest BCUT2D eigenvalue weighted by Gasteiger charge is -2.14.